The van der Waals surface area contributed by atoms with Crippen LogP contribution < -0.4 is 0 Å². The number of sulfone groups is 1. The average Bonchev–Trinajstić information content (AvgIpc) is 2.98. The van der Waals surface area contributed by atoms with Crippen LogP contribution in [0, 0.1) is 6.92 Å². The van der Waals surface area contributed by atoms with Gasteiger partial charge in [-0.05, 0) is 31.0 Å². The molecule has 0 saturated heterocycles. The van der Waals surface area contributed by atoms with Crippen LogP contribution in [0.4, 0.5) is 0 Å². The molecule has 0 fully saturated rings. The highest BCUT2D eigenvalue weighted by atomic mass is 32.2. The van der Waals surface area contributed by atoms with Crippen molar-refractivity contribution in [3.8, 4) is 5.88 Å². The Morgan fingerprint density at radius 3 is 2.77 bits per heavy atom. The van der Waals surface area contributed by atoms with E-state index < -0.39 is 9.84 Å². The van der Waals surface area contributed by atoms with Crippen molar-refractivity contribution in [3.63, 3.8) is 0 Å². The first-order chi connectivity index (χ1) is 12.3. The van der Waals surface area contributed by atoms with Crippen LogP contribution >= 0.6 is 12.2 Å². The van der Waals surface area contributed by atoms with Gasteiger partial charge in [-0.25, -0.2) is 13.1 Å². The molecule has 1 aliphatic heterocycles. The minimum absolute atomic E-state index is 0.00448. The summed E-state index contributed by atoms with van der Waals surface area (Å²) in [6, 6.07) is 3.22. The van der Waals surface area contributed by atoms with E-state index in [0.29, 0.717) is 39.4 Å². The first-order valence-electron chi connectivity index (χ1n) is 8.08. The molecule has 2 aromatic rings. The van der Waals surface area contributed by atoms with E-state index in [1.165, 1.54) is 18.0 Å². The molecule has 26 heavy (non-hydrogen) atoms. The zero-order chi connectivity index (χ0) is 19.1. The average molecular weight is 393 g/mol. The Hall–Kier alpha value is -2.26. The molecule has 0 radical (unpaired) electrons. The van der Waals surface area contributed by atoms with Crippen LogP contribution in [-0.4, -0.2) is 46.7 Å². The maximum Gasteiger partial charge on any atom is 0.218 e. The van der Waals surface area contributed by atoms with Crippen molar-refractivity contribution < 1.29 is 18.4 Å². The highest BCUT2D eigenvalue weighted by molar-refractivity contribution is 7.91. The van der Waals surface area contributed by atoms with Gasteiger partial charge in [0.15, 0.2) is 9.84 Å². The lowest BCUT2D eigenvalue weighted by Crippen LogP contribution is -2.24. The van der Waals surface area contributed by atoms with Crippen molar-refractivity contribution in [2.75, 3.05) is 12.9 Å². The van der Waals surface area contributed by atoms with E-state index in [1.807, 2.05) is 6.92 Å². The Morgan fingerprint density at radius 1 is 1.42 bits per heavy atom. The molecule has 0 unspecified atom stereocenters. The van der Waals surface area contributed by atoms with Crippen molar-refractivity contribution in [3.05, 3.63) is 40.6 Å². The first kappa shape index (κ1) is 18.5. The summed E-state index contributed by atoms with van der Waals surface area (Å²) in [6.45, 7) is 4.18. The molecule has 0 spiro atoms. The molecular formula is C17H19N3O4S2. The van der Waals surface area contributed by atoms with Crippen LogP contribution in [0.15, 0.2) is 28.4 Å². The topological polar surface area (TPSA) is 93.8 Å². The lowest BCUT2D eigenvalue weighted by atomic mass is 9.94. The number of thiocarbonyl (C=S) groups is 1. The Kier molecular flexibility index (Phi) is 4.85. The van der Waals surface area contributed by atoms with E-state index in [2.05, 4.69) is 10.3 Å². The number of fused-ring (bicyclic) bond motifs is 1. The number of nitrogens with zero attached hydrogens (tertiary/aromatic N) is 3. The van der Waals surface area contributed by atoms with E-state index in [4.69, 9.17) is 17.1 Å². The molecule has 2 heterocycles. The number of aromatic nitrogens is 2. The second kappa shape index (κ2) is 6.81. The van der Waals surface area contributed by atoms with Gasteiger partial charge < -0.3 is 9.94 Å². The standard InChI is InChI=1S/C17H19N3O4S2/c1-4-20-17(21)12(9-18-20)16(25)11-5-6-14-15(10(11)2)13(19-24-3)7-8-26(14,22)23/h5-6,9,21H,4,7-8H2,1-3H3. The Bertz CT molecular complexity index is 1020. The molecule has 138 valence electrons. The molecule has 3 rings (SSSR count). The fourth-order valence-corrected chi connectivity index (χ4v) is 5.04. The number of benzene rings is 1. The summed E-state index contributed by atoms with van der Waals surface area (Å²) >= 11 is 5.55. The molecule has 7 nitrogen and oxygen atoms in total. The van der Waals surface area contributed by atoms with E-state index in [0.717, 1.165) is 0 Å². The van der Waals surface area contributed by atoms with E-state index in [-0.39, 0.29) is 22.9 Å². The van der Waals surface area contributed by atoms with Gasteiger partial charge in [0, 0.05) is 18.5 Å². The van der Waals surface area contributed by atoms with Crippen molar-refractivity contribution in [2.24, 2.45) is 5.16 Å². The molecule has 1 aromatic heterocycles. The second-order valence-corrected chi connectivity index (χ2v) is 8.41. The van der Waals surface area contributed by atoms with E-state index >= 15 is 0 Å². The molecule has 0 saturated carbocycles. The SMILES string of the molecule is CCn1ncc(C(=S)c2ccc3c(c2C)C(=NOC)CCS3(=O)=O)c1O. The molecule has 9 heteroatoms. The lowest BCUT2D eigenvalue weighted by Gasteiger charge is -2.22. The third-order valence-electron chi connectivity index (χ3n) is 4.46. The van der Waals surface area contributed by atoms with Crippen molar-refractivity contribution in [2.45, 2.75) is 31.7 Å². The van der Waals surface area contributed by atoms with E-state index in [9.17, 15) is 13.5 Å². The third kappa shape index (κ3) is 2.90. The summed E-state index contributed by atoms with van der Waals surface area (Å²) in [5.74, 6) is -0.0109. The molecule has 0 atom stereocenters. The van der Waals surface area contributed by atoms with Crippen LogP contribution in [0.5, 0.6) is 5.88 Å². The maximum absolute atomic E-state index is 12.4. The number of rotatable bonds is 4. The molecule has 0 amide bonds. The fourth-order valence-electron chi connectivity index (χ4n) is 3.13. The number of hydrogen-bond acceptors (Lipinski definition) is 7. The van der Waals surface area contributed by atoms with Gasteiger partial charge in [-0.1, -0.05) is 23.4 Å². The number of aryl methyl sites for hydroxylation is 1. The molecule has 0 aliphatic carbocycles. The van der Waals surface area contributed by atoms with Crippen molar-refractivity contribution >= 4 is 32.6 Å². The largest absolute Gasteiger partial charge is 0.493 e. The van der Waals surface area contributed by atoms with Gasteiger partial charge in [0.1, 0.15) is 7.11 Å². The normalized spacial score (nSPS) is 17.1. The molecule has 0 bridgehead atoms. The highest BCUT2D eigenvalue weighted by Gasteiger charge is 2.31. The van der Waals surface area contributed by atoms with Crippen LogP contribution in [0.1, 0.15) is 35.6 Å². The van der Waals surface area contributed by atoms with Crippen LogP contribution in [0.2, 0.25) is 0 Å². The summed E-state index contributed by atoms with van der Waals surface area (Å²) < 4.78 is 26.3. The summed E-state index contributed by atoms with van der Waals surface area (Å²) in [5, 5.41) is 18.4. The van der Waals surface area contributed by atoms with Gasteiger partial charge >= 0.3 is 0 Å². The molecule has 1 N–H and O–H groups in total. The summed E-state index contributed by atoms with van der Waals surface area (Å²) in [7, 11) is -1.95. The van der Waals surface area contributed by atoms with Crippen molar-refractivity contribution in [1.82, 2.24) is 9.78 Å². The van der Waals surface area contributed by atoms with E-state index in [1.54, 1.807) is 19.1 Å². The predicted molar refractivity (Wildman–Crippen MR) is 102 cm³/mol. The third-order valence-corrected chi connectivity index (χ3v) is 6.65. The van der Waals surface area contributed by atoms with Crippen LogP contribution in [0.25, 0.3) is 0 Å². The maximum atomic E-state index is 12.4. The smallest absolute Gasteiger partial charge is 0.218 e. The molecule has 1 aliphatic rings. The summed E-state index contributed by atoms with van der Waals surface area (Å²) in [6.07, 6.45) is 1.79. The highest BCUT2D eigenvalue weighted by Crippen LogP contribution is 2.32. The summed E-state index contributed by atoms with van der Waals surface area (Å²) in [4.78, 5) is 5.53. The van der Waals surface area contributed by atoms with Gasteiger partial charge in [0.25, 0.3) is 0 Å². The Morgan fingerprint density at radius 2 is 2.15 bits per heavy atom. The number of aromatic hydroxyl groups is 1. The van der Waals surface area contributed by atoms with Crippen molar-refractivity contribution in [1.29, 1.82) is 0 Å². The van der Waals surface area contributed by atoms with Gasteiger partial charge in [-0.15, -0.1) is 0 Å². The number of hydrogen-bond donors (Lipinski definition) is 1. The quantitative estimate of drug-likeness (QED) is 0.486. The first-order valence-corrected chi connectivity index (χ1v) is 10.1. The van der Waals surface area contributed by atoms with Gasteiger partial charge in [0.2, 0.25) is 5.88 Å². The molecule has 1 aromatic carbocycles. The lowest BCUT2D eigenvalue weighted by molar-refractivity contribution is 0.213. The van der Waals surface area contributed by atoms with Gasteiger partial charge in [-0.2, -0.15) is 5.10 Å². The minimum atomic E-state index is -3.38. The predicted octanol–water partition coefficient (Wildman–Crippen LogP) is 2.21. The number of oxime groups is 1. The minimum Gasteiger partial charge on any atom is -0.493 e. The summed E-state index contributed by atoms with van der Waals surface area (Å²) in [5.41, 5.74) is 2.89. The molecular weight excluding hydrogens is 374 g/mol. The van der Waals surface area contributed by atoms with Gasteiger partial charge in [0.05, 0.1) is 33.0 Å². The van der Waals surface area contributed by atoms with Crippen LogP contribution in [-0.2, 0) is 21.2 Å². The Balaban J connectivity index is 2.19. The fraction of sp³-hybridized carbons (Fsp3) is 0.353. The van der Waals surface area contributed by atoms with Gasteiger partial charge in [-0.3, -0.25) is 0 Å². The monoisotopic (exact) mass is 393 g/mol. The second-order valence-electron chi connectivity index (χ2n) is 5.93. The zero-order valence-electron chi connectivity index (χ0n) is 14.7. The zero-order valence-corrected chi connectivity index (χ0v) is 16.3. The Labute approximate surface area is 157 Å². The van der Waals surface area contributed by atoms with Crippen LogP contribution in [0.3, 0.4) is 0 Å².